The number of aromatic nitrogens is 1. The third-order valence-corrected chi connectivity index (χ3v) is 3.18. The van der Waals surface area contributed by atoms with Gasteiger partial charge in [0.15, 0.2) is 0 Å². The van der Waals surface area contributed by atoms with Crippen molar-refractivity contribution in [2.24, 2.45) is 0 Å². The third-order valence-electron chi connectivity index (χ3n) is 3.18. The summed E-state index contributed by atoms with van der Waals surface area (Å²) < 4.78 is 5.31. The maximum atomic E-state index is 11.1. The first kappa shape index (κ1) is 14.1. The summed E-state index contributed by atoms with van der Waals surface area (Å²) in [4.78, 5) is 17.6. The number of hydrogen-bond acceptors (Lipinski definition) is 4. The van der Waals surface area contributed by atoms with E-state index in [0.29, 0.717) is 11.3 Å². The summed E-state index contributed by atoms with van der Waals surface area (Å²) in [5.74, 6) is -0.310. The Kier molecular flexibility index (Phi) is 3.79. The molecule has 1 aromatic carbocycles. The Bertz CT molecular complexity index is 666. The fraction of sp³-hybridized carbons (Fsp3) is 0.333. The molecule has 1 N–H and O–H groups in total. The van der Waals surface area contributed by atoms with Crippen molar-refractivity contribution in [3.05, 3.63) is 29.5 Å². The van der Waals surface area contributed by atoms with E-state index in [1.165, 1.54) is 0 Å². The van der Waals surface area contributed by atoms with Gasteiger partial charge in [-0.25, -0.2) is 0 Å². The number of anilines is 1. The molecule has 0 aliphatic carbocycles. The molecule has 0 saturated carbocycles. The van der Waals surface area contributed by atoms with Crippen LogP contribution in [0.2, 0.25) is 0 Å². The number of aliphatic carboxylic acids is 1. The van der Waals surface area contributed by atoms with Gasteiger partial charge in [0, 0.05) is 36.4 Å². The Balaban J connectivity index is 2.86. The molecule has 0 atom stereocenters. The highest BCUT2D eigenvalue weighted by Gasteiger charge is 2.17. The molecule has 1 heterocycles. The van der Waals surface area contributed by atoms with Crippen molar-refractivity contribution in [3.63, 3.8) is 0 Å². The van der Waals surface area contributed by atoms with E-state index >= 15 is 0 Å². The van der Waals surface area contributed by atoms with Gasteiger partial charge in [0.25, 0.3) is 0 Å². The van der Waals surface area contributed by atoms with Crippen LogP contribution in [0.25, 0.3) is 10.9 Å². The molecule has 0 amide bonds. The van der Waals surface area contributed by atoms with E-state index in [1.807, 2.05) is 38.1 Å². The highest BCUT2D eigenvalue weighted by atomic mass is 16.5. The number of fused-ring (bicyclic) bond motifs is 1. The summed E-state index contributed by atoms with van der Waals surface area (Å²) in [6, 6.07) is 5.58. The number of pyridine rings is 1. The van der Waals surface area contributed by atoms with Crippen molar-refractivity contribution in [3.8, 4) is 5.75 Å². The molecule has 2 rings (SSSR count). The summed E-state index contributed by atoms with van der Waals surface area (Å²) in [6.45, 7) is 1.92. The molecule has 0 radical (unpaired) electrons. The number of carboxylic acids is 1. The molecule has 0 aliphatic rings. The van der Waals surface area contributed by atoms with Gasteiger partial charge < -0.3 is 14.7 Å². The molecule has 0 aliphatic heterocycles. The highest BCUT2D eigenvalue weighted by molar-refractivity contribution is 5.98. The third kappa shape index (κ3) is 2.52. The average molecular weight is 274 g/mol. The number of benzene rings is 1. The second kappa shape index (κ2) is 5.36. The summed E-state index contributed by atoms with van der Waals surface area (Å²) in [6.07, 6.45) is -0.0912. The summed E-state index contributed by atoms with van der Waals surface area (Å²) >= 11 is 0. The lowest BCUT2D eigenvalue weighted by molar-refractivity contribution is -0.136. The molecule has 1 aromatic heterocycles. The number of hydrogen-bond donors (Lipinski definition) is 1. The molecular weight excluding hydrogens is 256 g/mol. The molecule has 20 heavy (non-hydrogen) atoms. The van der Waals surface area contributed by atoms with Crippen LogP contribution in [-0.4, -0.2) is 37.3 Å². The largest absolute Gasteiger partial charge is 0.496 e. The normalized spacial score (nSPS) is 10.6. The molecule has 0 saturated heterocycles. The van der Waals surface area contributed by atoms with Gasteiger partial charge in [0.2, 0.25) is 0 Å². The molecule has 5 nitrogen and oxygen atoms in total. The highest BCUT2D eigenvalue weighted by Crippen LogP contribution is 2.34. The smallest absolute Gasteiger partial charge is 0.307 e. The minimum Gasteiger partial charge on any atom is -0.496 e. The number of carbonyl (C=O) groups is 1. The molecule has 106 valence electrons. The van der Waals surface area contributed by atoms with Crippen LogP contribution in [0.15, 0.2) is 18.2 Å². The minimum atomic E-state index is -0.888. The van der Waals surface area contributed by atoms with Gasteiger partial charge in [-0.1, -0.05) is 0 Å². The van der Waals surface area contributed by atoms with Crippen molar-refractivity contribution in [1.29, 1.82) is 0 Å². The van der Waals surface area contributed by atoms with Crippen molar-refractivity contribution in [2.45, 2.75) is 13.3 Å². The zero-order valence-corrected chi connectivity index (χ0v) is 12.1. The van der Waals surface area contributed by atoms with Gasteiger partial charge in [0.05, 0.1) is 19.0 Å². The lowest BCUT2D eigenvalue weighted by Gasteiger charge is -2.19. The number of carboxylic acid groups (broad SMARTS) is 1. The second-order valence-electron chi connectivity index (χ2n) is 4.89. The Morgan fingerprint density at radius 2 is 2.10 bits per heavy atom. The maximum Gasteiger partial charge on any atom is 0.307 e. The van der Waals surface area contributed by atoms with Gasteiger partial charge in [-0.05, 0) is 25.1 Å². The number of methoxy groups -OCH3 is 1. The van der Waals surface area contributed by atoms with E-state index in [1.54, 1.807) is 13.2 Å². The molecule has 5 heteroatoms. The predicted octanol–water partition coefficient (Wildman–Crippen LogP) is 2.24. The van der Waals surface area contributed by atoms with E-state index in [9.17, 15) is 4.79 Å². The van der Waals surface area contributed by atoms with E-state index < -0.39 is 5.97 Å². The van der Waals surface area contributed by atoms with Crippen LogP contribution < -0.4 is 9.64 Å². The Morgan fingerprint density at radius 1 is 1.40 bits per heavy atom. The Hall–Kier alpha value is -2.30. The summed E-state index contributed by atoms with van der Waals surface area (Å²) in [5, 5.41) is 9.98. The van der Waals surface area contributed by atoms with Crippen molar-refractivity contribution >= 4 is 22.6 Å². The van der Waals surface area contributed by atoms with Crippen LogP contribution >= 0.6 is 0 Å². The quantitative estimate of drug-likeness (QED) is 0.926. The first-order chi connectivity index (χ1) is 9.43. The zero-order chi connectivity index (χ0) is 14.9. The molecule has 0 bridgehead atoms. The lowest BCUT2D eigenvalue weighted by Crippen LogP contribution is -2.12. The standard InChI is InChI=1S/C15H18N2O3/c1-9-7-12(17(2)3)15-10(8-14(18)19)13(20-4)6-5-11(15)16-9/h5-7H,8H2,1-4H3,(H,18,19). The summed E-state index contributed by atoms with van der Waals surface area (Å²) in [7, 11) is 5.40. The molecule has 0 unspecified atom stereocenters. The van der Waals surface area contributed by atoms with Gasteiger partial charge >= 0.3 is 5.97 Å². The lowest BCUT2D eigenvalue weighted by atomic mass is 10.0. The fourth-order valence-corrected chi connectivity index (χ4v) is 2.36. The van der Waals surface area contributed by atoms with Crippen molar-refractivity contribution in [1.82, 2.24) is 4.98 Å². The SMILES string of the molecule is COc1ccc2nc(C)cc(N(C)C)c2c1CC(=O)O. The number of nitrogens with zero attached hydrogens (tertiary/aromatic N) is 2. The van der Waals surface area contributed by atoms with Gasteiger partial charge in [0.1, 0.15) is 5.75 Å². The van der Waals surface area contributed by atoms with Crippen LogP contribution in [0.4, 0.5) is 5.69 Å². The number of ether oxygens (including phenoxy) is 1. The summed E-state index contributed by atoms with van der Waals surface area (Å²) in [5.41, 5.74) is 3.29. The number of rotatable bonds is 4. The van der Waals surface area contributed by atoms with Crippen molar-refractivity contribution < 1.29 is 14.6 Å². The first-order valence-electron chi connectivity index (χ1n) is 6.30. The Morgan fingerprint density at radius 3 is 2.65 bits per heavy atom. The molecule has 0 fully saturated rings. The van der Waals surface area contributed by atoms with Crippen LogP contribution in [-0.2, 0) is 11.2 Å². The average Bonchev–Trinajstić information content (AvgIpc) is 2.37. The predicted molar refractivity (Wildman–Crippen MR) is 78.7 cm³/mol. The van der Waals surface area contributed by atoms with Crippen LogP contribution in [0.3, 0.4) is 0 Å². The van der Waals surface area contributed by atoms with E-state index in [0.717, 1.165) is 22.3 Å². The van der Waals surface area contributed by atoms with E-state index in [2.05, 4.69) is 4.98 Å². The van der Waals surface area contributed by atoms with Crippen LogP contribution in [0.1, 0.15) is 11.3 Å². The molecule has 2 aromatic rings. The minimum absolute atomic E-state index is 0.0912. The number of aryl methyl sites for hydroxylation is 1. The van der Waals surface area contributed by atoms with Crippen molar-refractivity contribution in [2.75, 3.05) is 26.1 Å². The zero-order valence-electron chi connectivity index (χ0n) is 12.1. The maximum absolute atomic E-state index is 11.1. The van der Waals surface area contributed by atoms with Gasteiger partial charge in [-0.3, -0.25) is 9.78 Å². The Labute approximate surface area is 117 Å². The molecular formula is C15H18N2O3. The first-order valence-corrected chi connectivity index (χ1v) is 6.30. The topological polar surface area (TPSA) is 62.7 Å². The fourth-order valence-electron chi connectivity index (χ4n) is 2.36. The van der Waals surface area contributed by atoms with Crippen LogP contribution in [0, 0.1) is 6.92 Å². The van der Waals surface area contributed by atoms with Gasteiger partial charge in [-0.15, -0.1) is 0 Å². The van der Waals surface area contributed by atoms with E-state index in [4.69, 9.17) is 9.84 Å². The monoisotopic (exact) mass is 274 g/mol. The van der Waals surface area contributed by atoms with Crippen LogP contribution in [0.5, 0.6) is 5.75 Å². The molecule has 0 spiro atoms. The second-order valence-corrected chi connectivity index (χ2v) is 4.89. The van der Waals surface area contributed by atoms with E-state index in [-0.39, 0.29) is 6.42 Å². The van der Waals surface area contributed by atoms with Gasteiger partial charge in [-0.2, -0.15) is 0 Å².